The van der Waals surface area contributed by atoms with Crippen molar-refractivity contribution in [2.24, 2.45) is 0 Å². The Morgan fingerprint density at radius 2 is 1.84 bits per heavy atom. The van der Waals surface area contributed by atoms with Crippen molar-refractivity contribution in [3.8, 4) is 28.6 Å². The molecule has 1 heterocycles. The van der Waals surface area contributed by atoms with Gasteiger partial charge in [-0.15, -0.1) is 0 Å². The Bertz CT molecular complexity index is 947. The van der Waals surface area contributed by atoms with Gasteiger partial charge in [0, 0.05) is 17.7 Å². The van der Waals surface area contributed by atoms with E-state index in [1.807, 2.05) is 6.07 Å². The molecule has 0 spiro atoms. The largest absolute Gasteiger partial charge is 0.504 e. The van der Waals surface area contributed by atoms with Gasteiger partial charge in [-0.2, -0.15) is 0 Å². The number of phenols is 2. The molecule has 130 valence electrons. The summed E-state index contributed by atoms with van der Waals surface area (Å²) in [5.74, 6) is -1.11. The number of aliphatic hydroxyl groups excluding tert-OH is 2. The summed E-state index contributed by atoms with van der Waals surface area (Å²) in [5.41, 5.74) is 0.161. The molecule has 0 bridgehead atoms. The highest BCUT2D eigenvalue weighted by Crippen LogP contribution is 2.41. The van der Waals surface area contributed by atoms with E-state index in [2.05, 4.69) is 0 Å². The van der Waals surface area contributed by atoms with Crippen LogP contribution in [-0.2, 0) is 0 Å². The van der Waals surface area contributed by atoms with Crippen LogP contribution in [0.5, 0.6) is 17.2 Å². The Kier molecular flexibility index (Phi) is 4.60. The fraction of sp³-hybridized carbons (Fsp3) is 0.167. The third-order valence-corrected chi connectivity index (χ3v) is 3.62. The van der Waals surface area contributed by atoms with Gasteiger partial charge in [-0.05, 0) is 0 Å². The predicted octanol–water partition coefficient (Wildman–Crippen LogP) is 1.60. The zero-order valence-corrected chi connectivity index (χ0v) is 13.0. The summed E-state index contributed by atoms with van der Waals surface area (Å²) in [6, 6.07) is 11.3. The summed E-state index contributed by atoms with van der Waals surface area (Å²) in [6.45, 7) is -0.908. The van der Waals surface area contributed by atoms with E-state index in [0.29, 0.717) is 11.3 Å². The summed E-state index contributed by atoms with van der Waals surface area (Å²) < 4.78 is 10.7. The second-order valence-corrected chi connectivity index (χ2v) is 5.43. The summed E-state index contributed by atoms with van der Waals surface area (Å²) in [7, 11) is 0. The van der Waals surface area contributed by atoms with Gasteiger partial charge in [-0.25, -0.2) is 0 Å². The third kappa shape index (κ3) is 3.28. The van der Waals surface area contributed by atoms with Gasteiger partial charge >= 0.3 is 0 Å². The molecule has 0 saturated carbocycles. The Hall–Kier alpha value is -3.03. The molecule has 7 heteroatoms. The Labute approximate surface area is 142 Å². The van der Waals surface area contributed by atoms with E-state index in [4.69, 9.17) is 14.3 Å². The molecule has 0 fully saturated rings. The van der Waals surface area contributed by atoms with Crippen molar-refractivity contribution in [3.63, 3.8) is 0 Å². The average molecular weight is 344 g/mol. The standard InChI is InChI=1S/C18H16O7/c19-8-11(20)9-24-18-13(22)7-15-16(17(18)23)12(21)6-14(25-15)10-4-2-1-3-5-10/h1-7,11,19-20,22-23H,8-9H2. The van der Waals surface area contributed by atoms with Gasteiger partial charge in [0.2, 0.25) is 5.75 Å². The van der Waals surface area contributed by atoms with E-state index in [-0.39, 0.29) is 23.3 Å². The molecule has 1 atom stereocenters. The Morgan fingerprint density at radius 3 is 2.52 bits per heavy atom. The SMILES string of the molecule is O=c1cc(-c2ccccc2)oc2cc(O)c(OCC(O)CO)c(O)c12. The van der Waals surface area contributed by atoms with Gasteiger partial charge in [0.1, 0.15) is 29.4 Å². The first-order valence-electron chi connectivity index (χ1n) is 7.51. The molecule has 0 aliphatic heterocycles. The highest BCUT2D eigenvalue weighted by atomic mass is 16.5. The van der Waals surface area contributed by atoms with Crippen molar-refractivity contribution in [3.05, 3.63) is 52.7 Å². The summed E-state index contributed by atoms with van der Waals surface area (Å²) in [4.78, 5) is 12.4. The molecule has 2 aromatic carbocycles. The molecule has 3 aromatic rings. The lowest BCUT2D eigenvalue weighted by atomic mass is 10.1. The molecule has 1 aromatic heterocycles. The molecule has 25 heavy (non-hydrogen) atoms. The van der Waals surface area contributed by atoms with E-state index in [1.54, 1.807) is 24.3 Å². The van der Waals surface area contributed by atoms with Gasteiger partial charge in [0.25, 0.3) is 0 Å². The number of ether oxygens (including phenoxy) is 1. The molecule has 1 unspecified atom stereocenters. The van der Waals surface area contributed by atoms with E-state index in [0.717, 1.165) is 6.07 Å². The van der Waals surface area contributed by atoms with Crippen molar-refractivity contribution >= 4 is 11.0 Å². The van der Waals surface area contributed by atoms with Crippen LogP contribution in [0.25, 0.3) is 22.3 Å². The van der Waals surface area contributed by atoms with E-state index >= 15 is 0 Å². The molecule has 4 N–H and O–H groups in total. The molecule has 7 nitrogen and oxygen atoms in total. The quantitative estimate of drug-likeness (QED) is 0.555. The molecular weight excluding hydrogens is 328 g/mol. The zero-order chi connectivity index (χ0) is 18.0. The first-order valence-corrected chi connectivity index (χ1v) is 7.51. The molecule has 0 aliphatic carbocycles. The molecule has 0 aliphatic rings. The van der Waals surface area contributed by atoms with Crippen LogP contribution < -0.4 is 10.2 Å². The van der Waals surface area contributed by atoms with Crippen LogP contribution in [0.1, 0.15) is 0 Å². The number of hydrogen-bond donors (Lipinski definition) is 4. The smallest absolute Gasteiger partial charge is 0.204 e. The van der Waals surface area contributed by atoms with Gasteiger partial charge in [0.15, 0.2) is 16.9 Å². The van der Waals surface area contributed by atoms with Crippen molar-refractivity contribution in [1.29, 1.82) is 0 Å². The maximum Gasteiger partial charge on any atom is 0.204 e. The minimum absolute atomic E-state index is 0.00332. The third-order valence-electron chi connectivity index (χ3n) is 3.62. The number of benzene rings is 2. The van der Waals surface area contributed by atoms with E-state index in [1.165, 1.54) is 6.07 Å². The van der Waals surface area contributed by atoms with Crippen LogP contribution in [0.15, 0.2) is 51.7 Å². The lowest BCUT2D eigenvalue weighted by molar-refractivity contribution is 0.0519. The second kappa shape index (κ2) is 6.84. The highest BCUT2D eigenvalue weighted by Gasteiger charge is 2.20. The van der Waals surface area contributed by atoms with Crippen molar-refractivity contribution in [2.45, 2.75) is 6.10 Å². The van der Waals surface area contributed by atoms with Gasteiger partial charge in [-0.3, -0.25) is 4.79 Å². The fourth-order valence-electron chi connectivity index (χ4n) is 2.39. The minimum Gasteiger partial charge on any atom is -0.504 e. The lowest BCUT2D eigenvalue weighted by Crippen LogP contribution is -2.21. The van der Waals surface area contributed by atoms with Crippen LogP contribution in [0.4, 0.5) is 0 Å². The van der Waals surface area contributed by atoms with Crippen molar-refractivity contribution in [1.82, 2.24) is 0 Å². The van der Waals surface area contributed by atoms with E-state index < -0.39 is 29.6 Å². The number of aromatic hydroxyl groups is 2. The second-order valence-electron chi connectivity index (χ2n) is 5.43. The van der Waals surface area contributed by atoms with Gasteiger partial charge in [-0.1, -0.05) is 30.3 Å². The number of rotatable bonds is 5. The highest BCUT2D eigenvalue weighted by molar-refractivity contribution is 5.89. The summed E-state index contributed by atoms with van der Waals surface area (Å²) in [6.07, 6.45) is -1.19. The number of fused-ring (bicyclic) bond motifs is 1. The Balaban J connectivity index is 2.11. The molecule has 3 rings (SSSR count). The average Bonchev–Trinajstić information content (AvgIpc) is 2.61. The van der Waals surface area contributed by atoms with Crippen LogP contribution in [0.2, 0.25) is 0 Å². The van der Waals surface area contributed by atoms with Crippen LogP contribution >= 0.6 is 0 Å². The molecule has 0 radical (unpaired) electrons. The maximum atomic E-state index is 12.4. The lowest BCUT2D eigenvalue weighted by Gasteiger charge is -2.14. The Morgan fingerprint density at radius 1 is 1.12 bits per heavy atom. The van der Waals surface area contributed by atoms with Gasteiger partial charge < -0.3 is 29.6 Å². The molecular formula is C18H16O7. The number of phenolic OH excluding ortho intramolecular Hbond substituents is 2. The first-order chi connectivity index (χ1) is 12.0. The van der Waals surface area contributed by atoms with Crippen molar-refractivity contribution < 1.29 is 29.6 Å². The van der Waals surface area contributed by atoms with E-state index in [9.17, 15) is 20.1 Å². The monoisotopic (exact) mass is 344 g/mol. The topological polar surface area (TPSA) is 120 Å². The predicted molar refractivity (Wildman–Crippen MR) is 89.8 cm³/mol. The van der Waals surface area contributed by atoms with Crippen LogP contribution in [-0.4, -0.2) is 39.7 Å². The fourth-order valence-corrected chi connectivity index (χ4v) is 2.39. The summed E-state index contributed by atoms with van der Waals surface area (Å²) >= 11 is 0. The number of hydrogen-bond acceptors (Lipinski definition) is 7. The van der Waals surface area contributed by atoms with Crippen molar-refractivity contribution in [2.75, 3.05) is 13.2 Å². The maximum absolute atomic E-state index is 12.4. The molecule has 0 saturated heterocycles. The van der Waals surface area contributed by atoms with Crippen LogP contribution in [0.3, 0.4) is 0 Å². The normalized spacial score (nSPS) is 12.2. The van der Waals surface area contributed by atoms with Gasteiger partial charge in [0.05, 0.1) is 6.61 Å². The zero-order valence-electron chi connectivity index (χ0n) is 13.0. The first kappa shape index (κ1) is 16.8. The minimum atomic E-state index is -1.19. The molecule has 0 amide bonds. The summed E-state index contributed by atoms with van der Waals surface area (Å²) in [5, 5.41) is 38.3. The number of aliphatic hydroxyl groups is 2. The van der Waals surface area contributed by atoms with Crippen LogP contribution in [0, 0.1) is 0 Å².